The molecule has 0 spiro atoms. The Morgan fingerprint density at radius 3 is 2.94 bits per heavy atom. The lowest BCUT2D eigenvalue weighted by Gasteiger charge is -2.37. The molecule has 1 saturated heterocycles. The summed E-state index contributed by atoms with van der Waals surface area (Å²) in [5.74, 6) is 0. The van der Waals surface area contributed by atoms with Crippen LogP contribution in [0.15, 0.2) is 24.5 Å². The van der Waals surface area contributed by atoms with Crippen molar-refractivity contribution >= 4 is 0 Å². The maximum Gasteiger partial charge on any atom is 0.0637 e. The molecule has 94 valence electrons. The van der Waals surface area contributed by atoms with E-state index in [1.807, 2.05) is 19.4 Å². The van der Waals surface area contributed by atoms with Gasteiger partial charge in [-0.1, -0.05) is 0 Å². The zero-order valence-electron chi connectivity index (χ0n) is 10.6. The summed E-state index contributed by atoms with van der Waals surface area (Å²) in [7, 11) is 4.19. The van der Waals surface area contributed by atoms with Crippen molar-refractivity contribution in [2.45, 2.75) is 25.0 Å². The maximum absolute atomic E-state index is 5.58. The van der Waals surface area contributed by atoms with Crippen molar-refractivity contribution in [1.82, 2.24) is 15.2 Å². The maximum atomic E-state index is 5.58. The zero-order valence-corrected chi connectivity index (χ0v) is 10.6. The number of aromatic nitrogens is 1. The largest absolute Gasteiger partial charge is 0.380 e. The fourth-order valence-electron chi connectivity index (χ4n) is 2.39. The van der Waals surface area contributed by atoms with Crippen molar-refractivity contribution in [2.75, 3.05) is 27.3 Å². The van der Waals surface area contributed by atoms with E-state index in [0.29, 0.717) is 12.1 Å². The van der Waals surface area contributed by atoms with E-state index in [9.17, 15) is 0 Å². The third kappa shape index (κ3) is 3.25. The molecular formula is C13H21N3O. The molecule has 1 aromatic heterocycles. The number of likely N-dealkylation sites (N-methyl/N-ethyl adjacent to an activating group) is 2. The summed E-state index contributed by atoms with van der Waals surface area (Å²) in [5.41, 5.74) is 1.29. The Morgan fingerprint density at radius 1 is 1.47 bits per heavy atom. The smallest absolute Gasteiger partial charge is 0.0637 e. The first-order valence-electron chi connectivity index (χ1n) is 6.15. The molecule has 0 aromatic carbocycles. The minimum Gasteiger partial charge on any atom is -0.380 e. The molecule has 2 atom stereocenters. The van der Waals surface area contributed by atoms with E-state index in [1.54, 1.807) is 0 Å². The number of pyridine rings is 1. The number of hydrogen-bond donors (Lipinski definition) is 1. The predicted octanol–water partition coefficient (Wildman–Crippen LogP) is 0.890. The lowest BCUT2D eigenvalue weighted by molar-refractivity contribution is 0.00523. The molecule has 4 heteroatoms. The highest BCUT2D eigenvalue weighted by Crippen LogP contribution is 2.15. The molecule has 0 amide bonds. The van der Waals surface area contributed by atoms with E-state index in [1.165, 1.54) is 5.56 Å². The van der Waals surface area contributed by atoms with Crippen molar-refractivity contribution in [3.8, 4) is 0 Å². The Bertz CT molecular complexity index is 331. The first kappa shape index (κ1) is 12.5. The van der Waals surface area contributed by atoms with Gasteiger partial charge in [0.05, 0.1) is 6.61 Å². The van der Waals surface area contributed by atoms with Gasteiger partial charge in [-0.05, 0) is 38.2 Å². The number of rotatable bonds is 4. The highest BCUT2D eigenvalue weighted by Gasteiger charge is 2.27. The molecule has 4 nitrogen and oxygen atoms in total. The zero-order chi connectivity index (χ0) is 12.1. The topological polar surface area (TPSA) is 37.4 Å². The molecule has 1 aromatic rings. The summed E-state index contributed by atoms with van der Waals surface area (Å²) in [6, 6.07) is 5.10. The van der Waals surface area contributed by atoms with Crippen molar-refractivity contribution in [2.24, 2.45) is 0 Å². The van der Waals surface area contributed by atoms with Crippen LogP contribution >= 0.6 is 0 Å². The highest BCUT2D eigenvalue weighted by molar-refractivity contribution is 5.09. The van der Waals surface area contributed by atoms with E-state index in [2.05, 4.69) is 34.4 Å². The minimum absolute atomic E-state index is 0.446. The molecule has 1 aliphatic rings. The van der Waals surface area contributed by atoms with Crippen LogP contribution in [-0.2, 0) is 11.3 Å². The summed E-state index contributed by atoms with van der Waals surface area (Å²) in [5, 5.41) is 3.39. The third-order valence-electron chi connectivity index (χ3n) is 3.44. The molecular weight excluding hydrogens is 214 g/mol. The van der Waals surface area contributed by atoms with Crippen molar-refractivity contribution in [1.29, 1.82) is 0 Å². The number of ether oxygens (including phenoxy) is 1. The fourth-order valence-corrected chi connectivity index (χ4v) is 2.39. The van der Waals surface area contributed by atoms with Crippen LogP contribution in [0, 0.1) is 0 Å². The second-order valence-corrected chi connectivity index (χ2v) is 4.60. The van der Waals surface area contributed by atoms with Gasteiger partial charge in [-0.15, -0.1) is 0 Å². The summed E-state index contributed by atoms with van der Waals surface area (Å²) in [6.07, 6.45) is 4.77. The molecule has 0 aliphatic carbocycles. The lowest BCUT2D eigenvalue weighted by Crippen LogP contribution is -2.53. The Kier molecular flexibility index (Phi) is 4.48. The van der Waals surface area contributed by atoms with Crippen LogP contribution in [0.5, 0.6) is 0 Å². The molecule has 2 rings (SSSR count). The summed E-state index contributed by atoms with van der Waals surface area (Å²) in [6.45, 7) is 2.62. The van der Waals surface area contributed by atoms with Gasteiger partial charge in [0.15, 0.2) is 0 Å². The van der Waals surface area contributed by atoms with Crippen LogP contribution in [-0.4, -0.2) is 49.3 Å². The summed E-state index contributed by atoms with van der Waals surface area (Å²) < 4.78 is 5.58. The molecule has 2 heterocycles. The Balaban J connectivity index is 1.96. The monoisotopic (exact) mass is 235 g/mol. The van der Waals surface area contributed by atoms with Crippen LogP contribution in [0.25, 0.3) is 0 Å². The van der Waals surface area contributed by atoms with Gasteiger partial charge >= 0.3 is 0 Å². The van der Waals surface area contributed by atoms with E-state index in [0.717, 1.165) is 26.2 Å². The van der Waals surface area contributed by atoms with Crippen molar-refractivity contribution < 1.29 is 4.74 Å². The molecule has 0 radical (unpaired) electrons. The average molecular weight is 235 g/mol. The quantitative estimate of drug-likeness (QED) is 0.841. The standard InChI is InChI=1S/C13H21N3O/c1-14-12-5-8-17-10-13(12)16(2)9-11-3-6-15-7-4-11/h3-4,6-7,12-14H,5,8-10H2,1-2H3. The molecule has 1 fully saturated rings. The van der Waals surface area contributed by atoms with E-state index in [-0.39, 0.29) is 0 Å². The molecule has 0 saturated carbocycles. The molecule has 1 N–H and O–H groups in total. The highest BCUT2D eigenvalue weighted by atomic mass is 16.5. The van der Waals surface area contributed by atoms with Gasteiger partial charge in [-0.3, -0.25) is 9.88 Å². The Hall–Kier alpha value is -0.970. The van der Waals surface area contributed by atoms with Crippen LogP contribution in [0.4, 0.5) is 0 Å². The second-order valence-electron chi connectivity index (χ2n) is 4.60. The number of nitrogens with one attached hydrogen (secondary N) is 1. The summed E-state index contributed by atoms with van der Waals surface area (Å²) >= 11 is 0. The van der Waals surface area contributed by atoms with Gasteiger partial charge in [-0.25, -0.2) is 0 Å². The fraction of sp³-hybridized carbons (Fsp3) is 0.615. The molecule has 2 unspecified atom stereocenters. The van der Waals surface area contributed by atoms with E-state index >= 15 is 0 Å². The van der Waals surface area contributed by atoms with Gasteiger partial charge in [0.2, 0.25) is 0 Å². The Labute approximate surface area is 103 Å². The van der Waals surface area contributed by atoms with E-state index in [4.69, 9.17) is 4.74 Å². The van der Waals surface area contributed by atoms with Gasteiger partial charge in [0.1, 0.15) is 0 Å². The van der Waals surface area contributed by atoms with Crippen LogP contribution < -0.4 is 5.32 Å². The number of hydrogen-bond acceptors (Lipinski definition) is 4. The molecule has 0 bridgehead atoms. The first-order valence-corrected chi connectivity index (χ1v) is 6.15. The lowest BCUT2D eigenvalue weighted by atomic mass is 10.0. The minimum atomic E-state index is 0.446. The number of nitrogens with zero attached hydrogens (tertiary/aromatic N) is 2. The van der Waals surface area contributed by atoms with Crippen LogP contribution in [0.2, 0.25) is 0 Å². The van der Waals surface area contributed by atoms with Crippen LogP contribution in [0.1, 0.15) is 12.0 Å². The van der Waals surface area contributed by atoms with Crippen molar-refractivity contribution in [3.05, 3.63) is 30.1 Å². The van der Waals surface area contributed by atoms with Crippen molar-refractivity contribution in [3.63, 3.8) is 0 Å². The van der Waals surface area contributed by atoms with E-state index < -0.39 is 0 Å². The third-order valence-corrected chi connectivity index (χ3v) is 3.44. The van der Waals surface area contributed by atoms with Gasteiger partial charge in [0.25, 0.3) is 0 Å². The predicted molar refractivity (Wildman–Crippen MR) is 67.8 cm³/mol. The first-order chi connectivity index (χ1) is 8.31. The normalized spacial score (nSPS) is 25.1. The average Bonchev–Trinajstić information content (AvgIpc) is 2.40. The Morgan fingerprint density at radius 2 is 2.24 bits per heavy atom. The van der Waals surface area contributed by atoms with Crippen LogP contribution in [0.3, 0.4) is 0 Å². The molecule has 1 aliphatic heterocycles. The second kappa shape index (κ2) is 6.10. The van der Waals surface area contributed by atoms with Gasteiger partial charge in [0, 0.05) is 37.6 Å². The van der Waals surface area contributed by atoms with Gasteiger partial charge in [-0.2, -0.15) is 0 Å². The SMILES string of the molecule is CNC1CCOCC1N(C)Cc1ccncc1. The van der Waals surface area contributed by atoms with Gasteiger partial charge < -0.3 is 10.1 Å². The summed E-state index contributed by atoms with van der Waals surface area (Å²) in [4.78, 5) is 6.40. The molecule has 17 heavy (non-hydrogen) atoms.